The van der Waals surface area contributed by atoms with E-state index in [0.717, 1.165) is 0 Å². The molecule has 0 bridgehead atoms. The van der Waals surface area contributed by atoms with Crippen LogP contribution in [0.1, 0.15) is 13.3 Å². The molecular formula is C19H19N5O4. The third-order valence-corrected chi connectivity index (χ3v) is 3.98. The quantitative estimate of drug-likeness (QED) is 0.673. The summed E-state index contributed by atoms with van der Waals surface area (Å²) in [4.78, 5) is 35.8. The summed E-state index contributed by atoms with van der Waals surface area (Å²) in [6, 6.07) is 11.8. The first-order chi connectivity index (χ1) is 13.5. The zero-order valence-corrected chi connectivity index (χ0v) is 15.4. The molecule has 0 fully saturated rings. The van der Waals surface area contributed by atoms with Gasteiger partial charge < -0.3 is 15.4 Å². The molecule has 144 valence electrons. The van der Waals surface area contributed by atoms with E-state index in [9.17, 15) is 14.4 Å². The van der Waals surface area contributed by atoms with E-state index in [1.807, 2.05) is 0 Å². The van der Waals surface area contributed by atoms with Gasteiger partial charge in [-0.15, -0.1) is 5.10 Å². The van der Waals surface area contributed by atoms with Crippen LogP contribution in [-0.2, 0) is 16.1 Å². The van der Waals surface area contributed by atoms with Crippen molar-refractivity contribution >= 4 is 34.1 Å². The van der Waals surface area contributed by atoms with Crippen molar-refractivity contribution in [2.45, 2.75) is 19.9 Å². The normalized spacial score (nSPS) is 10.5. The van der Waals surface area contributed by atoms with Gasteiger partial charge in [0, 0.05) is 25.1 Å². The van der Waals surface area contributed by atoms with Crippen molar-refractivity contribution in [3.63, 3.8) is 0 Å². The maximum atomic E-state index is 12.4. The number of ether oxygens (including phenoxy) is 1. The minimum Gasteiger partial charge on any atom is -0.494 e. The molecule has 9 heteroatoms. The zero-order valence-electron chi connectivity index (χ0n) is 15.4. The molecule has 2 amide bonds. The molecule has 9 nitrogen and oxygen atoms in total. The number of carbonyl (C=O) groups is 2. The molecule has 0 unspecified atom stereocenters. The van der Waals surface area contributed by atoms with Crippen LogP contribution in [0.15, 0.2) is 47.3 Å². The third-order valence-electron chi connectivity index (χ3n) is 3.98. The number of aromatic nitrogens is 3. The maximum Gasteiger partial charge on any atom is 0.277 e. The summed E-state index contributed by atoms with van der Waals surface area (Å²) in [6.07, 6.45) is 0.0443. The molecular weight excluding hydrogens is 362 g/mol. The fourth-order valence-electron chi connectivity index (χ4n) is 2.66. The molecule has 0 radical (unpaired) electrons. The molecule has 0 spiro atoms. The van der Waals surface area contributed by atoms with Gasteiger partial charge in [0.05, 0.1) is 24.7 Å². The van der Waals surface area contributed by atoms with E-state index in [2.05, 4.69) is 20.9 Å². The Labute approximate surface area is 160 Å². The van der Waals surface area contributed by atoms with Crippen LogP contribution >= 0.6 is 0 Å². The van der Waals surface area contributed by atoms with Gasteiger partial charge in [0.2, 0.25) is 11.8 Å². The highest BCUT2D eigenvalue weighted by molar-refractivity contribution is 5.93. The summed E-state index contributed by atoms with van der Waals surface area (Å²) in [5, 5.41) is 13.7. The lowest BCUT2D eigenvalue weighted by molar-refractivity contribution is -0.116. The SMILES string of the molecule is COc1cc(NC(=O)CCn2nnc3ccccc3c2=O)ccc1NC(C)=O. The van der Waals surface area contributed by atoms with Crippen molar-refractivity contribution in [2.75, 3.05) is 17.7 Å². The summed E-state index contributed by atoms with van der Waals surface area (Å²) in [5.41, 5.74) is 1.23. The average Bonchev–Trinajstić information content (AvgIpc) is 2.68. The number of nitrogens with zero attached hydrogens (tertiary/aromatic N) is 3. The van der Waals surface area contributed by atoms with Gasteiger partial charge in [0.25, 0.3) is 5.56 Å². The van der Waals surface area contributed by atoms with Gasteiger partial charge in [-0.1, -0.05) is 17.3 Å². The van der Waals surface area contributed by atoms with Crippen molar-refractivity contribution in [1.82, 2.24) is 15.0 Å². The molecule has 1 heterocycles. The smallest absolute Gasteiger partial charge is 0.277 e. The van der Waals surface area contributed by atoms with Crippen molar-refractivity contribution in [2.24, 2.45) is 0 Å². The fraction of sp³-hybridized carbons (Fsp3) is 0.211. The van der Waals surface area contributed by atoms with Gasteiger partial charge in [0.1, 0.15) is 11.3 Å². The van der Waals surface area contributed by atoms with Crippen LogP contribution < -0.4 is 20.9 Å². The lowest BCUT2D eigenvalue weighted by Gasteiger charge is -2.12. The maximum absolute atomic E-state index is 12.4. The van der Waals surface area contributed by atoms with Gasteiger partial charge in [-0.3, -0.25) is 14.4 Å². The average molecular weight is 381 g/mol. The van der Waals surface area contributed by atoms with Gasteiger partial charge in [-0.05, 0) is 24.3 Å². The number of rotatable bonds is 6. The monoisotopic (exact) mass is 381 g/mol. The summed E-state index contributed by atoms with van der Waals surface area (Å²) in [7, 11) is 1.47. The van der Waals surface area contributed by atoms with Crippen LogP contribution in [0.25, 0.3) is 10.9 Å². The van der Waals surface area contributed by atoms with E-state index in [1.165, 1.54) is 18.7 Å². The number of hydrogen-bond donors (Lipinski definition) is 2. The van der Waals surface area contributed by atoms with Crippen molar-refractivity contribution < 1.29 is 14.3 Å². The van der Waals surface area contributed by atoms with E-state index in [1.54, 1.807) is 42.5 Å². The van der Waals surface area contributed by atoms with Crippen molar-refractivity contribution in [3.8, 4) is 5.75 Å². The van der Waals surface area contributed by atoms with Crippen LogP contribution in [0.2, 0.25) is 0 Å². The van der Waals surface area contributed by atoms with E-state index in [0.29, 0.717) is 28.0 Å². The molecule has 1 aromatic heterocycles. The van der Waals surface area contributed by atoms with Gasteiger partial charge in [-0.25, -0.2) is 4.68 Å². The van der Waals surface area contributed by atoms with Crippen molar-refractivity contribution in [1.29, 1.82) is 0 Å². The van der Waals surface area contributed by atoms with Gasteiger partial charge in [-0.2, -0.15) is 0 Å². The Morgan fingerprint density at radius 2 is 1.93 bits per heavy atom. The lowest BCUT2D eigenvalue weighted by atomic mass is 10.2. The highest BCUT2D eigenvalue weighted by Gasteiger charge is 2.10. The summed E-state index contributed by atoms with van der Waals surface area (Å²) in [6.45, 7) is 1.50. The number of nitrogens with one attached hydrogen (secondary N) is 2. The predicted octanol–water partition coefficient (Wildman–Crippen LogP) is 1.79. The van der Waals surface area contributed by atoms with Gasteiger partial charge in [0.15, 0.2) is 0 Å². The fourth-order valence-corrected chi connectivity index (χ4v) is 2.66. The molecule has 0 aliphatic carbocycles. The van der Waals surface area contributed by atoms with Crippen LogP contribution in [0.5, 0.6) is 5.75 Å². The Bertz CT molecular complexity index is 1090. The third kappa shape index (κ3) is 4.32. The number of benzene rings is 2. The number of methoxy groups -OCH3 is 1. The molecule has 3 rings (SSSR count). The largest absolute Gasteiger partial charge is 0.494 e. The number of fused-ring (bicyclic) bond motifs is 1. The van der Waals surface area contributed by atoms with Gasteiger partial charge >= 0.3 is 0 Å². The number of carbonyl (C=O) groups excluding carboxylic acids is 2. The second-order valence-electron chi connectivity index (χ2n) is 6.03. The molecule has 2 aromatic carbocycles. The molecule has 28 heavy (non-hydrogen) atoms. The van der Waals surface area contributed by atoms with E-state index in [-0.39, 0.29) is 30.3 Å². The van der Waals surface area contributed by atoms with Crippen LogP contribution in [0.4, 0.5) is 11.4 Å². The van der Waals surface area contributed by atoms with Crippen LogP contribution in [-0.4, -0.2) is 33.9 Å². The zero-order chi connectivity index (χ0) is 20.1. The van der Waals surface area contributed by atoms with E-state index in [4.69, 9.17) is 4.74 Å². The summed E-state index contributed by atoms with van der Waals surface area (Å²) in [5.74, 6) is -0.0992. The Morgan fingerprint density at radius 1 is 1.14 bits per heavy atom. The first-order valence-electron chi connectivity index (χ1n) is 8.56. The number of hydrogen-bond acceptors (Lipinski definition) is 6. The number of aryl methyl sites for hydroxylation is 1. The van der Waals surface area contributed by atoms with Crippen LogP contribution in [0, 0.1) is 0 Å². The Kier molecular flexibility index (Phi) is 5.64. The topological polar surface area (TPSA) is 115 Å². The Morgan fingerprint density at radius 3 is 2.68 bits per heavy atom. The summed E-state index contributed by atoms with van der Waals surface area (Å²) < 4.78 is 6.39. The Hall–Kier alpha value is -3.75. The molecule has 3 aromatic rings. The molecule has 2 N–H and O–H groups in total. The first-order valence-corrected chi connectivity index (χ1v) is 8.56. The summed E-state index contributed by atoms with van der Waals surface area (Å²) >= 11 is 0. The minimum atomic E-state index is -0.295. The molecule has 0 aliphatic heterocycles. The standard InChI is InChI=1S/C19H19N5O4/c1-12(25)20-16-8-7-13(11-17(16)28-2)21-18(26)9-10-24-19(27)14-5-3-4-6-15(14)22-23-24/h3-8,11H,9-10H2,1-2H3,(H,20,25)(H,21,26). The second kappa shape index (κ2) is 8.30. The number of amides is 2. The first kappa shape index (κ1) is 19.0. The minimum absolute atomic E-state index is 0.0443. The lowest BCUT2D eigenvalue weighted by Crippen LogP contribution is -2.26. The molecule has 0 saturated carbocycles. The number of anilines is 2. The molecule has 0 saturated heterocycles. The highest BCUT2D eigenvalue weighted by Crippen LogP contribution is 2.28. The molecule has 0 aliphatic rings. The predicted molar refractivity (Wildman–Crippen MR) is 104 cm³/mol. The molecule has 0 atom stereocenters. The van der Waals surface area contributed by atoms with E-state index < -0.39 is 0 Å². The highest BCUT2D eigenvalue weighted by atomic mass is 16.5. The Balaban J connectivity index is 1.67. The van der Waals surface area contributed by atoms with E-state index >= 15 is 0 Å². The van der Waals surface area contributed by atoms with Crippen molar-refractivity contribution in [3.05, 3.63) is 52.8 Å². The second-order valence-corrected chi connectivity index (χ2v) is 6.03. The van der Waals surface area contributed by atoms with Crippen LogP contribution in [0.3, 0.4) is 0 Å².